The lowest BCUT2D eigenvalue weighted by Crippen LogP contribution is -2.44. The fraction of sp³-hybridized carbons (Fsp3) is 0.368. The van der Waals surface area contributed by atoms with Crippen LogP contribution >= 0.6 is 11.3 Å². The molecule has 0 aliphatic carbocycles. The Balaban J connectivity index is 2.17. The molecule has 0 saturated heterocycles. The van der Waals surface area contributed by atoms with Crippen LogP contribution in [0.2, 0.25) is 0 Å². The number of halogens is 1. The average molecular weight is 439 g/mol. The van der Waals surface area contributed by atoms with Crippen LogP contribution in [0, 0.1) is 5.82 Å². The minimum Gasteiger partial charge on any atom is -0.480 e. The van der Waals surface area contributed by atoms with Crippen LogP contribution in [-0.4, -0.2) is 63.4 Å². The van der Waals surface area contributed by atoms with E-state index in [1.54, 1.807) is 20.8 Å². The van der Waals surface area contributed by atoms with Gasteiger partial charge in [0.15, 0.2) is 6.04 Å². The Kier molecular flexibility index (Phi) is 7.11. The number of aromatic nitrogens is 1. The standard InChI is InChI=1S/C19H22FN3O6S/c1-19(2,3)29-18(28)22-12-6-5-10(7-11(12)20)15-21-13(9-30-15)16(25)23(4)14(8-24)17(26)27/h5-7,9,14,24H,8H2,1-4H3,(H,22,28)(H,26,27)/t14-/m0/s1. The average Bonchev–Trinajstić information content (AvgIpc) is 3.11. The monoisotopic (exact) mass is 439 g/mol. The van der Waals surface area contributed by atoms with Crippen LogP contribution in [0.3, 0.4) is 0 Å². The molecule has 0 aliphatic heterocycles. The van der Waals surface area contributed by atoms with Crippen molar-refractivity contribution in [2.24, 2.45) is 0 Å². The fourth-order valence-electron chi connectivity index (χ4n) is 2.36. The van der Waals surface area contributed by atoms with Gasteiger partial charge in [0.1, 0.15) is 22.1 Å². The van der Waals surface area contributed by atoms with Crippen molar-refractivity contribution in [2.45, 2.75) is 32.4 Å². The lowest BCUT2D eigenvalue weighted by atomic mass is 10.2. The molecule has 0 fully saturated rings. The third-order valence-electron chi connectivity index (χ3n) is 3.82. The molecule has 1 atom stereocenters. The van der Waals surface area contributed by atoms with Gasteiger partial charge < -0.3 is 19.8 Å². The number of aliphatic hydroxyl groups excluding tert-OH is 1. The molecule has 0 saturated carbocycles. The highest BCUT2D eigenvalue weighted by atomic mass is 32.1. The molecule has 0 spiro atoms. The number of ether oxygens (including phenoxy) is 1. The van der Waals surface area contributed by atoms with Crippen molar-refractivity contribution in [2.75, 3.05) is 19.0 Å². The largest absolute Gasteiger partial charge is 0.480 e. The van der Waals surface area contributed by atoms with Gasteiger partial charge in [0.2, 0.25) is 0 Å². The molecule has 0 bridgehead atoms. The summed E-state index contributed by atoms with van der Waals surface area (Å²) < 4.78 is 19.5. The van der Waals surface area contributed by atoms with Crippen LogP contribution in [-0.2, 0) is 9.53 Å². The number of carboxylic acids is 1. The zero-order valence-electron chi connectivity index (χ0n) is 16.8. The number of rotatable bonds is 6. The molecular formula is C19H22FN3O6S. The van der Waals surface area contributed by atoms with Gasteiger partial charge in [-0.2, -0.15) is 0 Å². The highest BCUT2D eigenvalue weighted by Gasteiger charge is 2.28. The summed E-state index contributed by atoms with van der Waals surface area (Å²) in [6.45, 7) is 4.31. The molecule has 9 nitrogen and oxygen atoms in total. The van der Waals surface area contributed by atoms with E-state index in [-0.39, 0.29) is 11.4 Å². The van der Waals surface area contributed by atoms with Gasteiger partial charge in [-0.15, -0.1) is 11.3 Å². The van der Waals surface area contributed by atoms with Crippen molar-refractivity contribution in [1.82, 2.24) is 9.88 Å². The van der Waals surface area contributed by atoms with Gasteiger partial charge in [-0.3, -0.25) is 10.1 Å². The van der Waals surface area contributed by atoms with Crippen molar-refractivity contribution >= 4 is 35.0 Å². The topological polar surface area (TPSA) is 129 Å². The highest BCUT2D eigenvalue weighted by Crippen LogP contribution is 2.28. The van der Waals surface area contributed by atoms with Gasteiger partial charge in [0, 0.05) is 18.0 Å². The Bertz CT molecular complexity index is 956. The lowest BCUT2D eigenvalue weighted by molar-refractivity contribution is -0.143. The van der Waals surface area contributed by atoms with Crippen LogP contribution in [0.15, 0.2) is 23.6 Å². The number of nitrogens with one attached hydrogen (secondary N) is 1. The minimum atomic E-state index is -1.40. The number of likely N-dealkylation sites (N-methyl/N-ethyl adjacent to an activating group) is 1. The number of carboxylic acid groups (broad SMARTS) is 1. The summed E-state index contributed by atoms with van der Waals surface area (Å²) in [6, 6.07) is 2.60. The second kappa shape index (κ2) is 9.18. The van der Waals surface area contributed by atoms with E-state index < -0.39 is 42.0 Å². The van der Waals surface area contributed by atoms with Crippen LogP contribution in [0.25, 0.3) is 10.6 Å². The molecule has 0 radical (unpaired) electrons. The predicted molar refractivity (Wildman–Crippen MR) is 108 cm³/mol. The molecule has 0 unspecified atom stereocenters. The maximum absolute atomic E-state index is 14.4. The Morgan fingerprint density at radius 3 is 2.53 bits per heavy atom. The van der Waals surface area contributed by atoms with Gasteiger partial charge >= 0.3 is 12.1 Å². The molecule has 2 rings (SSSR count). The number of aliphatic hydroxyl groups is 1. The lowest BCUT2D eigenvalue weighted by Gasteiger charge is -2.22. The summed E-state index contributed by atoms with van der Waals surface area (Å²) in [4.78, 5) is 40.3. The second-order valence-electron chi connectivity index (χ2n) is 7.31. The number of carbonyl (C=O) groups is 3. The Morgan fingerprint density at radius 1 is 1.33 bits per heavy atom. The maximum atomic E-state index is 14.4. The van der Waals surface area contributed by atoms with E-state index in [2.05, 4.69) is 10.3 Å². The highest BCUT2D eigenvalue weighted by molar-refractivity contribution is 7.13. The number of hydrogen-bond acceptors (Lipinski definition) is 7. The quantitative estimate of drug-likeness (QED) is 0.631. The van der Waals surface area contributed by atoms with Crippen molar-refractivity contribution in [3.8, 4) is 10.6 Å². The molecule has 1 heterocycles. The van der Waals surface area contributed by atoms with Gasteiger partial charge in [-0.1, -0.05) is 0 Å². The molecule has 2 amide bonds. The first-order valence-electron chi connectivity index (χ1n) is 8.79. The SMILES string of the molecule is CN(C(=O)c1csc(-c2ccc(NC(=O)OC(C)(C)C)c(F)c2)n1)[C@@H](CO)C(=O)O. The predicted octanol–water partition coefficient (Wildman–Crippen LogP) is 2.81. The van der Waals surface area contributed by atoms with Crippen LogP contribution in [0.4, 0.5) is 14.9 Å². The summed E-state index contributed by atoms with van der Waals surface area (Å²) in [5, 5.41) is 22.3. The zero-order valence-corrected chi connectivity index (χ0v) is 17.6. The van der Waals surface area contributed by atoms with E-state index in [1.807, 2.05) is 0 Å². The Hall–Kier alpha value is -3.05. The minimum absolute atomic E-state index is 0.0337. The van der Waals surface area contributed by atoms with E-state index >= 15 is 0 Å². The number of benzene rings is 1. The van der Waals surface area contributed by atoms with E-state index in [9.17, 15) is 18.8 Å². The molecule has 0 aliphatic rings. The smallest absolute Gasteiger partial charge is 0.412 e. The first-order chi connectivity index (χ1) is 13.9. The number of carbonyl (C=O) groups excluding carboxylic acids is 2. The van der Waals surface area contributed by atoms with Crippen LogP contribution in [0.5, 0.6) is 0 Å². The van der Waals surface area contributed by atoms with E-state index in [1.165, 1.54) is 24.6 Å². The van der Waals surface area contributed by atoms with E-state index in [4.69, 9.17) is 14.9 Å². The Morgan fingerprint density at radius 2 is 2.00 bits per heavy atom. The van der Waals surface area contributed by atoms with Gasteiger partial charge in [0.05, 0.1) is 12.3 Å². The molecule has 11 heteroatoms. The van der Waals surface area contributed by atoms with Crippen molar-refractivity contribution in [3.05, 3.63) is 35.1 Å². The van der Waals surface area contributed by atoms with E-state index in [0.29, 0.717) is 10.6 Å². The first-order valence-corrected chi connectivity index (χ1v) is 9.67. The summed E-state index contributed by atoms with van der Waals surface area (Å²) in [7, 11) is 1.24. The number of amides is 2. The normalized spacial score (nSPS) is 12.2. The number of aliphatic carboxylic acids is 1. The fourth-order valence-corrected chi connectivity index (χ4v) is 3.15. The second-order valence-corrected chi connectivity index (χ2v) is 8.17. The van der Waals surface area contributed by atoms with Crippen molar-refractivity contribution in [1.29, 1.82) is 0 Å². The Labute approximate surface area is 176 Å². The summed E-state index contributed by atoms with van der Waals surface area (Å²) in [5.74, 6) is -2.76. The van der Waals surface area contributed by atoms with Gasteiger partial charge in [-0.05, 0) is 39.0 Å². The van der Waals surface area contributed by atoms with Crippen molar-refractivity contribution in [3.63, 3.8) is 0 Å². The van der Waals surface area contributed by atoms with E-state index in [0.717, 1.165) is 22.3 Å². The number of thiazole rings is 1. The first kappa shape index (κ1) is 23.2. The van der Waals surface area contributed by atoms with Gasteiger partial charge in [-0.25, -0.2) is 19.0 Å². The summed E-state index contributed by atoms with van der Waals surface area (Å²) in [6.07, 6.45) is -0.795. The molecule has 1 aromatic heterocycles. The zero-order chi connectivity index (χ0) is 22.6. The maximum Gasteiger partial charge on any atom is 0.412 e. The number of nitrogens with zero attached hydrogens (tertiary/aromatic N) is 2. The third kappa shape index (κ3) is 5.74. The number of anilines is 1. The summed E-state index contributed by atoms with van der Waals surface area (Å²) in [5.41, 5.74) is -0.472. The third-order valence-corrected chi connectivity index (χ3v) is 4.71. The molecule has 1 aromatic carbocycles. The molecule has 2 aromatic rings. The molecule has 30 heavy (non-hydrogen) atoms. The van der Waals surface area contributed by atoms with Crippen molar-refractivity contribution < 1.29 is 33.7 Å². The molecule has 162 valence electrons. The van der Waals surface area contributed by atoms with Crippen LogP contribution < -0.4 is 5.32 Å². The molecular weight excluding hydrogens is 417 g/mol. The van der Waals surface area contributed by atoms with Gasteiger partial charge in [0.25, 0.3) is 5.91 Å². The molecule has 3 N–H and O–H groups in total. The van der Waals surface area contributed by atoms with Crippen LogP contribution in [0.1, 0.15) is 31.3 Å². The summed E-state index contributed by atoms with van der Waals surface area (Å²) >= 11 is 1.07. The number of hydrogen-bond donors (Lipinski definition) is 3.